The molecule has 0 aromatic heterocycles. The van der Waals surface area contributed by atoms with E-state index >= 15 is 0 Å². The fourth-order valence-electron chi connectivity index (χ4n) is 3.41. The summed E-state index contributed by atoms with van der Waals surface area (Å²) < 4.78 is 33.2. The molecule has 32 heavy (non-hydrogen) atoms. The summed E-state index contributed by atoms with van der Waals surface area (Å²) in [6, 6.07) is 11.3. The van der Waals surface area contributed by atoms with Gasteiger partial charge in [-0.3, -0.25) is 9.10 Å². The molecule has 0 atom stereocenters. The zero-order valence-corrected chi connectivity index (χ0v) is 19.9. The number of hydrogen-bond acceptors (Lipinski definition) is 5. The van der Waals surface area contributed by atoms with Crippen LogP contribution in [0, 0.1) is 0 Å². The van der Waals surface area contributed by atoms with Crippen LogP contribution in [0.1, 0.15) is 49.5 Å². The highest BCUT2D eigenvalue weighted by Gasteiger charge is 2.30. The Bertz CT molecular complexity index is 1130. The predicted octanol–water partition coefficient (Wildman–Crippen LogP) is 3.94. The highest BCUT2D eigenvalue weighted by Crippen LogP contribution is 2.33. The number of rotatable bonds is 7. The molecule has 1 aliphatic heterocycles. The summed E-state index contributed by atoms with van der Waals surface area (Å²) in [7, 11) is -3.92. The second kappa shape index (κ2) is 9.50. The Hall–Kier alpha value is -2.58. The number of sulfonamides is 1. The summed E-state index contributed by atoms with van der Waals surface area (Å²) in [6.45, 7) is 5.50. The van der Waals surface area contributed by atoms with Gasteiger partial charge in [-0.25, -0.2) is 13.2 Å². The number of halogens is 1. The number of aryl methyl sites for hydroxylation is 1. The third-order valence-corrected chi connectivity index (χ3v) is 7.65. The Morgan fingerprint density at radius 2 is 1.91 bits per heavy atom. The van der Waals surface area contributed by atoms with E-state index in [1.807, 2.05) is 32.9 Å². The predicted molar refractivity (Wildman–Crippen MR) is 124 cm³/mol. The number of para-hydroxylation sites is 1. The lowest BCUT2D eigenvalue weighted by molar-refractivity contribution is -0.125. The minimum Gasteiger partial charge on any atom is -0.452 e. The monoisotopic (exact) mass is 478 g/mol. The van der Waals surface area contributed by atoms with Gasteiger partial charge >= 0.3 is 5.97 Å². The molecular formula is C23H27ClN2O5S. The van der Waals surface area contributed by atoms with Gasteiger partial charge in [0.05, 0.1) is 21.2 Å². The number of amides is 1. The first-order chi connectivity index (χ1) is 15.0. The number of carbonyl (C=O) groups excluding carboxylic acids is 2. The van der Waals surface area contributed by atoms with Gasteiger partial charge in [-0.05, 0) is 62.9 Å². The van der Waals surface area contributed by atoms with Crippen molar-refractivity contribution in [2.75, 3.05) is 17.5 Å². The molecule has 0 unspecified atom stereocenters. The molecule has 9 heteroatoms. The van der Waals surface area contributed by atoms with E-state index in [4.69, 9.17) is 16.3 Å². The summed E-state index contributed by atoms with van der Waals surface area (Å²) in [6.07, 6.45) is 2.21. The molecule has 0 aliphatic carbocycles. The maximum atomic E-state index is 13.4. The van der Waals surface area contributed by atoms with E-state index in [-0.39, 0.29) is 15.5 Å². The Balaban J connectivity index is 1.81. The van der Waals surface area contributed by atoms with Crippen molar-refractivity contribution < 1.29 is 22.7 Å². The van der Waals surface area contributed by atoms with Gasteiger partial charge in [-0.15, -0.1) is 0 Å². The topological polar surface area (TPSA) is 92.8 Å². The fraction of sp³-hybridized carbons (Fsp3) is 0.391. The van der Waals surface area contributed by atoms with Gasteiger partial charge in [0, 0.05) is 12.1 Å². The minimum absolute atomic E-state index is 0.0438. The van der Waals surface area contributed by atoms with E-state index in [0.717, 1.165) is 12.0 Å². The first-order valence-electron chi connectivity index (χ1n) is 10.4. The quantitative estimate of drug-likeness (QED) is 0.608. The molecule has 1 aliphatic rings. The fourth-order valence-corrected chi connectivity index (χ4v) is 5.17. The Labute approximate surface area is 193 Å². The Morgan fingerprint density at radius 3 is 2.62 bits per heavy atom. The number of nitrogens with zero attached hydrogens (tertiary/aromatic N) is 1. The van der Waals surface area contributed by atoms with E-state index in [2.05, 4.69) is 5.32 Å². The number of benzene rings is 2. The maximum absolute atomic E-state index is 13.4. The Kier molecular flexibility index (Phi) is 7.15. The highest BCUT2D eigenvalue weighted by atomic mass is 35.5. The molecule has 0 bridgehead atoms. The van der Waals surface area contributed by atoms with Crippen LogP contribution in [0.3, 0.4) is 0 Å². The van der Waals surface area contributed by atoms with Gasteiger partial charge in [0.1, 0.15) is 0 Å². The maximum Gasteiger partial charge on any atom is 0.340 e. The molecule has 0 radical (unpaired) electrons. The summed E-state index contributed by atoms with van der Waals surface area (Å²) in [4.78, 5) is 24.6. The van der Waals surface area contributed by atoms with Crippen molar-refractivity contribution in [3.63, 3.8) is 0 Å². The van der Waals surface area contributed by atoms with Crippen LogP contribution >= 0.6 is 11.6 Å². The van der Waals surface area contributed by atoms with Crippen molar-refractivity contribution in [3.05, 3.63) is 58.6 Å². The van der Waals surface area contributed by atoms with E-state index < -0.39 is 34.0 Å². The molecule has 0 fully saturated rings. The van der Waals surface area contributed by atoms with Gasteiger partial charge in [0.15, 0.2) is 6.61 Å². The number of hydrogen-bond donors (Lipinski definition) is 1. The van der Waals surface area contributed by atoms with Crippen LogP contribution in [0.4, 0.5) is 5.69 Å². The summed E-state index contributed by atoms with van der Waals surface area (Å²) in [5, 5.41) is 2.81. The lowest BCUT2D eigenvalue weighted by Crippen LogP contribution is -2.44. The molecular weight excluding hydrogens is 452 g/mol. The van der Waals surface area contributed by atoms with E-state index in [0.29, 0.717) is 25.1 Å². The van der Waals surface area contributed by atoms with Crippen LogP contribution in [-0.4, -0.2) is 39.0 Å². The normalized spacial score (nSPS) is 13.9. The van der Waals surface area contributed by atoms with E-state index in [9.17, 15) is 18.0 Å². The van der Waals surface area contributed by atoms with Crippen molar-refractivity contribution in [2.24, 2.45) is 0 Å². The second-order valence-corrected chi connectivity index (χ2v) is 10.6. The van der Waals surface area contributed by atoms with Gasteiger partial charge in [0.25, 0.3) is 15.9 Å². The molecule has 1 amide bonds. The van der Waals surface area contributed by atoms with Crippen LogP contribution in [0.25, 0.3) is 0 Å². The van der Waals surface area contributed by atoms with E-state index in [1.165, 1.54) is 22.5 Å². The van der Waals surface area contributed by atoms with Crippen molar-refractivity contribution in [3.8, 4) is 0 Å². The third-order valence-electron chi connectivity index (χ3n) is 5.51. The molecule has 2 aromatic carbocycles. The minimum atomic E-state index is -3.92. The third kappa shape index (κ3) is 5.24. The van der Waals surface area contributed by atoms with Crippen molar-refractivity contribution in [2.45, 2.75) is 50.5 Å². The molecule has 1 heterocycles. The number of fused-ring (bicyclic) bond motifs is 1. The largest absolute Gasteiger partial charge is 0.452 e. The lowest BCUT2D eigenvalue weighted by atomic mass is 10.0. The summed E-state index contributed by atoms with van der Waals surface area (Å²) in [5.41, 5.74) is 1.05. The number of carbonyl (C=O) groups is 2. The van der Waals surface area contributed by atoms with Crippen LogP contribution in [0.15, 0.2) is 47.4 Å². The standard InChI is InChI=1S/C23H27ClN2O5S/c1-4-23(2,3)25-21(27)15-31-22(28)18-14-17(11-12-19(18)24)32(29,30)26-13-7-9-16-8-5-6-10-20(16)26/h5-6,8,10-12,14H,4,7,9,13,15H2,1-3H3,(H,25,27). The molecule has 3 rings (SSSR count). The van der Waals surface area contributed by atoms with Gasteiger partial charge in [0.2, 0.25) is 0 Å². The smallest absolute Gasteiger partial charge is 0.340 e. The average molecular weight is 479 g/mol. The van der Waals surface area contributed by atoms with E-state index in [1.54, 1.807) is 12.1 Å². The summed E-state index contributed by atoms with van der Waals surface area (Å²) in [5.74, 6) is -1.31. The lowest BCUT2D eigenvalue weighted by Gasteiger charge is -2.30. The molecule has 0 saturated heterocycles. The molecule has 1 N–H and O–H groups in total. The van der Waals surface area contributed by atoms with Gasteiger partial charge in [-0.2, -0.15) is 0 Å². The molecule has 2 aromatic rings. The summed E-state index contributed by atoms with van der Waals surface area (Å²) >= 11 is 6.14. The van der Waals surface area contributed by atoms with Gasteiger partial charge in [-0.1, -0.05) is 36.7 Å². The first-order valence-corrected chi connectivity index (χ1v) is 12.3. The van der Waals surface area contributed by atoms with Crippen molar-refractivity contribution in [1.29, 1.82) is 0 Å². The zero-order chi connectivity index (χ0) is 23.5. The average Bonchev–Trinajstić information content (AvgIpc) is 2.77. The number of anilines is 1. The number of esters is 1. The number of nitrogens with one attached hydrogen (secondary N) is 1. The van der Waals surface area contributed by atoms with Crippen LogP contribution in [-0.2, 0) is 26.0 Å². The van der Waals surface area contributed by atoms with Gasteiger partial charge < -0.3 is 10.1 Å². The molecule has 172 valence electrons. The first kappa shape index (κ1) is 24.1. The molecule has 7 nitrogen and oxygen atoms in total. The van der Waals surface area contributed by atoms with Crippen LogP contribution in [0.5, 0.6) is 0 Å². The van der Waals surface area contributed by atoms with Crippen molar-refractivity contribution >= 4 is 39.2 Å². The van der Waals surface area contributed by atoms with Crippen LogP contribution < -0.4 is 9.62 Å². The zero-order valence-electron chi connectivity index (χ0n) is 18.4. The highest BCUT2D eigenvalue weighted by molar-refractivity contribution is 7.92. The van der Waals surface area contributed by atoms with Crippen molar-refractivity contribution in [1.82, 2.24) is 5.32 Å². The SMILES string of the molecule is CCC(C)(C)NC(=O)COC(=O)c1cc(S(=O)(=O)N2CCCc3ccccc32)ccc1Cl. The van der Waals surface area contributed by atoms with Crippen LogP contribution in [0.2, 0.25) is 5.02 Å². The molecule has 0 spiro atoms. The Morgan fingerprint density at radius 1 is 1.19 bits per heavy atom. The molecule has 0 saturated carbocycles. The second-order valence-electron chi connectivity index (χ2n) is 8.31. The number of ether oxygens (including phenoxy) is 1.